The molecule has 1 unspecified atom stereocenters. The Labute approximate surface area is 202 Å². The highest BCUT2D eigenvalue weighted by atomic mass is 19.4. The highest BCUT2D eigenvalue weighted by Crippen LogP contribution is 2.31. The van der Waals surface area contributed by atoms with Crippen LogP contribution in [0.3, 0.4) is 0 Å². The Morgan fingerprint density at radius 1 is 1.03 bits per heavy atom. The van der Waals surface area contributed by atoms with Gasteiger partial charge in [0.15, 0.2) is 0 Å². The van der Waals surface area contributed by atoms with Crippen molar-refractivity contribution in [2.45, 2.75) is 38.3 Å². The molecule has 1 aliphatic carbocycles. The third kappa shape index (κ3) is 12.2. The first kappa shape index (κ1) is 31.2. The number of carbonyl (C=O) groups excluding carboxylic acids is 1. The van der Waals surface area contributed by atoms with Crippen LogP contribution in [0.2, 0.25) is 0 Å². The Bertz CT molecular complexity index is 846. The molecule has 0 bridgehead atoms. The molecule has 1 saturated carbocycles. The molecule has 1 fully saturated rings. The smallest absolute Gasteiger partial charge is 0.475 e. The van der Waals surface area contributed by atoms with Crippen LogP contribution >= 0.6 is 0 Å². The molecule has 0 saturated heterocycles. The van der Waals surface area contributed by atoms with Crippen molar-refractivity contribution in [3.8, 4) is 0 Å². The summed E-state index contributed by atoms with van der Waals surface area (Å²) in [6.45, 7) is 4.83. The first-order valence-corrected chi connectivity index (χ1v) is 10.6. The molecule has 1 aromatic heterocycles. The van der Waals surface area contributed by atoms with Crippen molar-refractivity contribution in [2.24, 2.45) is 11.8 Å². The normalized spacial score (nSPS) is 17.9. The van der Waals surface area contributed by atoms with E-state index in [1.165, 1.54) is 25.1 Å². The van der Waals surface area contributed by atoms with E-state index in [2.05, 4.69) is 20.7 Å². The van der Waals surface area contributed by atoms with Gasteiger partial charge in [0.1, 0.15) is 6.61 Å². The summed E-state index contributed by atoms with van der Waals surface area (Å²) in [5.41, 5.74) is 1.28. The van der Waals surface area contributed by atoms with Gasteiger partial charge in [0.2, 0.25) is 5.91 Å². The van der Waals surface area contributed by atoms with Crippen molar-refractivity contribution in [3.05, 3.63) is 18.0 Å². The van der Waals surface area contributed by atoms with E-state index in [1.54, 1.807) is 19.0 Å². The lowest BCUT2D eigenvalue weighted by atomic mass is 10.1. The van der Waals surface area contributed by atoms with E-state index in [9.17, 15) is 31.1 Å². The fourth-order valence-corrected chi connectivity index (χ4v) is 2.97. The molecule has 36 heavy (non-hydrogen) atoms. The van der Waals surface area contributed by atoms with Crippen molar-refractivity contribution in [1.29, 1.82) is 0 Å². The number of carbonyl (C=O) groups is 3. The third-order valence-corrected chi connectivity index (χ3v) is 4.91. The van der Waals surface area contributed by atoms with Crippen LogP contribution in [-0.4, -0.2) is 100 Å². The van der Waals surface area contributed by atoms with Crippen molar-refractivity contribution < 1.29 is 55.7 Å². The third-order valence-electron chi connectivity index (χ3n) is 4.91. The summed E-state index contributed by atoms with van der Waals surface area (Å²) in [5, 5.41) is 18.7. The van der Waals surface area contributed by atoms with Crippen LogP contribution in [0.4, 0.5) is 26.3 Å². The van der Waals surface area contributed by atoms with Gasteiger partial charge in [0.25, 0.3) is 0 Å². The Morgan fingerprint density at radius 2 is 1.56 bits per heavy atom. The van der Waals surface area contributed by atoms with E-state index < -0.39 is 24.3 Å². The number of fused-ring (bicyclic) bond motifs is 1. The van der Waals surface area contributed by atoms with Crippen LogP contribution in [0.1, 0.15) is 18.5 Å². The molecule has 0 aromatic carbocycles. The molecule has 1 atom stereocenters. The maximum atomic E-state index is 11.6. The Hall–Kier alpha value is -2.88. The summed E-state index contributed by atoms with van der Waals surface area (Å²) in [5.74, 6) is -4.23. The second kappa shape index (κ2) is 13.4. The topological polar surface area (TPSA) is 125 Å². The maximum absolute atomic E-state index is 11.6. The SMILES string of the molecule is CN(C)C(=O)COCC1CN(CC2CC2)Cc2ccnn2C1.O=C(O)C(F)(F)F.O=C(O)C(F)(F)F. The van der Waals surface area contributed by atoms with Crippen LogP contribution in [0, 0.1) is 11.8 Å². The van der Waals surface area contributed by atoms with E-state index in [1.807, 2.05) is 6.20 Å². The number of ether oxygens (including phenoxy) is 1. The first-order chi connectivity index (χ1) is 16.5. The average Bonchev–Trinajstić information content (AvgIpc) is 3.48. The van der Waals surface area contributed by atoms with Gasteiger partial charge in [-0.3, -0.25) is 14.4 Å². The molecule has 1 amide bonds. The number of amides is 1. The van der Waals surface area contributed by atoms with Crippen LogP contribution in [0.5, 0.6) is 0 Å². The number of aromatic nitrogens is 2. The van der Waals surface area contributed by atoms with Gasteiger partial charge in [-0.15, -0.1) is 0 Å². The van der Waals surface area contributed by atoms with Gasteiger partial charge in [-0.1, -0.05) is 0 Å². The molecule has 3 rings (SSSR count). The highest BCUT2D eigenvalue weighted by Gasteiger charge is 2.39. The number of rotatable bonds is 6. The number of hydrogen-bond acceptors (Lipinski definition) is 6. The number of likely N-dealkylation sites (N-methyl/N-ethyl adjacent to an activating group) is 1. The van der Waals surface area contributed by atoms with E-state index in [0.29, 0.717) is 12.5 Å². The zero-order chi connectivity index (χ0) is 27.7. The predicted octanol–water partition coefficient (Wildman–Crippen LogP) is 2.10. The number of halogens is 6. The van der Waals surface area contributed by atoms with E-state index in [0.717, 1.165) is 25.6 Å². The second-order valence-corrected chi connectivity index (χ2v) is 8.42. The molecule has 2 aliphatic rings. The molecule has 1 aromatic rings. The Kier molecular flexibility index (Phi) is 11.6. The molecule has 2 N–H and O–H groups in total. The zero-order valence-corrected chi connectivity index (χ0v) is 19.6. The van der Waals surface area contributed by atoms with Gasteiger partial charge in [-0.2, -0.15) is 31.4 Å². The number of nitrogens with zero attached hydrogens (tertiary/aromatic N) is 4. The monoisotopic (exact) mass is 534 g/mol. The molecule has 1 aliphatic heterocycles. The van der Waals surface area contributed by atoms with Gasteiger partial charge in [-0.05, 0) is 24.8 Å². The molecule has 0 radical (unpaired) electrons. The van der Waals surface area contributed by atoms with Gasteiger partial charge in [0, 0.05) is 52.4 Å². The summed E-state index contributed by atoms with van der Waals surface area (Å²) >= 11 is 0. The Morgan fingerprint density at radius 3 is 2.00 bits per heavy atom. The van der Waals surface area contributed by atoms with Crippen LogP contribution in [-0.2, 0) is 32.2 Å². The average molecular weight is 534 g/mol. The van der Waals surface area contributed by atoms with Gasteiger partial charge >= 0.3 is 24.3 Å². The number of carboxylic acids is 2. The largest absolute Gasteiger partial charge is 0.490 e. The lowest BCUT2D eigenvalue weighted by molar-refractivity contribution is -0.193. The first-order valence-electron chi connectivity index (χ1n) is 10.6. The lowest BCUT2D eigenvalue weighted by Crippen LogP contribution is -2.33. The number of carboxylic acid groups (broad SMARTS) is 2. The molecule has 2 heterocycles. The molecular formula is C20H28F6N4O6. The minimum atomic E-state index is -5.08. The molecular weight excluding hydrogens is 506 g/mol. The standard InChI is InChI=1S/C16H26N4O2.2C2HF3O2/c1-18(2)16(21)12-22-11-14-8-19(7-13-3-4-13)10-15-5-6-17-20(15)9-14;2*3-2(4,5)1(6)7/h5-6,13-14H,3-4,7-12H2,1-2H3;2*(H,6,7). The van der Waals surface area contributed by atoms with Crippen LogP contribution in [0.25, 0.3) is 0 Å². The summed E-state index contributed by atoms with van der Waals surface area (Å²) in [4.78, 5) is 33.5. The van der Waals surface area contributed by atoms with Crippen molar-refractivity contribution in [2.75, 3.05) is 40.4 Å². The fourth-order valence-electron chi connectivity index (χ4n) is 2.97. The summed E-state index contributed by atoms with van der Waals surface area (Å²) in [7, 11) is 3.51. The van der Waals surface area contributed by atoms with Crippen molar-refractivity contribution in [3.63, 3.8) is 0 Å². The maximum Gasteiger partial charge on any atom is 0.490 e. The second-order valence-electron chi connectivity index (χ2n) is 8.42. The number of alkyl halides is 6. The minimum absolute atomic E-state index is 0.0169. The van der Waals surface area contributed by atoms with Crippen molar-refractivity contribution >= 4 is 17.8 Å². The molecule has 10 nitrogen and oxygen atoms in total. The van der Waals surface area contributed by atoms with E-state index in [4.69, 9.17) is 24.5 Å². The summed E-state index contributed by atoms with van der Waals surface area (Å²) in [6, 6.07) is 2.11. The molecule has 206 valence electrons. The molecule has 0 spiro atoms. The van der Waals surface area contributed by atoms with Crippen molar-refractivity contribution in [1.82, 2.24) is 19.6 Å². The highest BCUT2D eigenvalue weighted by molar-refractivity contribution is 5.76. The van der Waals surface area contributed by atoms with Crippen LogP contribution in [0.15, 0.2) is 12.3 Å². The summed E-state index contributed by atoms with van der Waals surface area (Å²) in [6.07, 6.45) is -5.55. The quantitative estimate of drug-likeness (QED) is 0.532. The fraction of sp³-hybridized carbons (Fsp3) is 0.700. The lowest BCUT2D eigenvalue weighted by Gasteiger charge is -2.23. The van der Waals surface area contributed by atoms with Gasteiger partial charge in [-0.25, -0.2) is 9.59 Å². The predicted molar refractivity (Wildman–Crippen MR) is 111 cm³/mol. The Balaban J connectivity index is 0.000000383. The van der Waals surface area contributed by atoms with Gasteiger partial charge < -0.3 is 19.8 Å². The van der Waals surface area contributed by atoms with Crippen LogP contribution < -0.4 is 0 Å². The van der Waals surface area contributed by atoms with Gasteiger partial charge in [0.05, 0.1) is 12.3 Å². The van der Waals surface area contributed by atoms with E-state index >= 15 is 0 Å². The number of hydrogen-bond donors (Lipinski definition) is 2. The summed E-state index contributed by atoms with van der Waals surface area (Å²) < 4.78 is 71.2. The number of aliphatic carboxylic acids is 2. The minimum Gasteiger partial charge on any atom is -0.475 e. The van der Waals surface area contributed by atoms with E-state index in [-0.39, 0.29) is 12.5 Å². The zero-order valence-electron chi connectivity index (χ0n) is 19.6. The molecule has 16 heteroatoms.